The van der Waals surface area contributed by atoms with E-state index >= 15 is 0 Å². The zero-order valence-corrected chi connectivity index (χ0v) is 13.4. The number of hydrogen-bond acceptors (Lipinski definition) is 4. The van der Waals surface area contributed by atoms with Crippen LogP contribution in [0.4, 0.5) is 0 Å². The number of hydrogen-bond donors (Lipinski definition) is 1. The van der Waals surface area contributed by atoms with Crippen LogP contribution in [0.3, 0.4) is 0 Å². The average molecular weight is 301 g/mol. The molecule has 1 aromatic carbocycles. The Hall–Kier alpha value is -1.84. The van der Waals surface area contributed by atoms with Crippen molar-refractivity contribution in [1.82, 2.24) is 0 Å². The molecule has 0 heterocycles. The molecule has 0 spiro atoms. The predicted octanol–water partition coefficient (Wildman–Crippen LogP) is 3.51. The molecule has 0 aliphatic heterocycles. The summed E-state index contributed by atoms with van der Waals surface area (Å²) in [6, 6.07) is 8.10. The lowest BCUT2D eigenvalue weighted by atomic mass is 9.49. The molecular weight excluding hydrogens is 278 g/mol. The van der Waals surface area contributed by atoms with E-state index in [1.165, 1.54) is 12.7 Å². The molecule has 3 rings (SSSR count). The molecule has 118 valence electrons. The highest BCUT2D eigenvalue weighted by Crippen LogP contribution is 2.57. The number of benzene rings is 1. The van der Waals surface area contributed by atoms with E-state index in [-0.39, 0.29) is 17.3 Å². The molecule has 1 N–H and O–H groups in total. The molecule has 2 aliphatic carbocycles. The largest absolute Gasteiger partial charge is 0.469 e. The molecule has 4 heteroatoms. The Bertz CT molecular complexity index is 639. The first-order chi connectivity index (χ1) is 10.5. The van der Waals surface area contributed by atoms with Crippen molar-refractivity contribution < 1.29 is 14.7 Å². The first kappa shape index (κ1) is 15.1. The maximum Gasteiger partial charge on any atom is 0.311 e. The predicted molar refractivity (Wildman–Crippen MR) is 84.2 cm³/mol. The van der Waals surface area contributed by atoms with Gasteiger partial charge in [0.25, 0.3) is 0 Å². The van der Waals surface area contributed by atoms with Gasteiger partial charge >= 0.3 is 5.97 Å². The summed E-state index contributed by atoms with van der Waals surface area (Å²) in [5.41, 5.74) is 2.25. The molecule has 0 bridgehead atoms. The molecule has 2 aliphatic rings. The molecule has 4 nitrogen and oxygen atoms in total. The van der Waals surface area contributed by atoms with Crippen LogP contribution in [0.25, 0.3) is 0 Å². The minimum atomic E-state index is -0.536. The van der Waals surface area contributed by atoms with Gasteiger partial charge in [-0.05, 0) is 43.1 Å². The van der Waals surface area contributed by atoms with Crippen LogP contribution in [0.1, 0.15) is 50.7 Å². The third-order valence-corrected chi connectivity index (χ3v) is 5.95. The Labute approximate surface area is 131 Å². The second-order valence-corrected chi connectivity index (χ2v) is 7.03. The zero-order chi connectivity index (χ0) is 16.0. The van der Waals surface area contributed by atoms with Gasteiger partial charge in [-0.3, -0.25) is 4.79 Å². The van der Waals surface area contributed by atoms with Gasteiger partial charge in [0.1, 0.15) is 0 Å². The average Bonchev–Trinajstić information content (AvgIpc) is 2.54. The molecule has 1 saturated carbocycles. The highest BCUT2D eigenvalue weighted by Gasteiger charge is 2.56. The molecule has 1 fully saturated rings. The molecule has 1 aromatic rings. The van der Waals surface area contributed by atoms with Gasteiger partial charge in [0.15, 0.2) is 0 Å². The first-order valence-corrected chi connectivity index (χ1v) is 7.86. The summed E-state index contributed by atoms with van der Waals surface area (Å²) in [6.07, 6.45) is 3.47. The minimum absolute atomic E-state index is 0.0852. The van der Waals surface area contributed by atoms with Crippen LogP contribution in [-0.4, -0.2) is 24.0 Å². The summed E-state index contributed by atoms with van der Waals surface area (Å²) in [4.78, 5) is 12.5. The number of methoxy groups -OCH3 is 1. The second kappa shape index (κ2) is 5.11. The quantitative estimate of drug-likeness (QED) is 0.490. The monoisotopic (exact) mass is 301 g/mol. The van der Waals surface area contributed by atoms with Gasteiger partial charge < -0.3 is 9.94 Å². The minimum Gasteiger partial charge on any atom is -0.469 e. The molecular formula is C18H23NO3. The van der Waals surface area contributed by atoms with Crippen LogP contribution in [0, 0.1) is 11.3 Å². The summed E-state index contributed by atoms with van der Waals surface area (Å²) < 4.78 is 5.10. The van der Waals surface area contributed by atoms with Gasteiger partial charge in [-0.25, -0.2) is 0 Å². The smallest absolute Gasteiger partial charge is 0.311 e. The van der Waals surface area contributed by atoms with Gasteiger partial charge in [0.2, 0.25) is 0 Å². The topological polar surface area (TPSA) is 58.9 Å². The Morgan fingerprint density at radius 1 is 1.32 bits per heavy atom. The van der Waals surface area contributed by atoms with Crippen molar-refractivity contribution in [1.29, 1.82) is 0 Å². The standard InChI is InChI=1S/C18H23NO3/c1-17-9-6-10-18(2,16(20)22-3)15(17)11-14(19-21)12-7-4-5-8-13(12)17/h4-5,7-8,15,21H,6,9-11H2,1-3H3/b19-14-. The second-order valence-electron chi connectivity index (χ2n) is 7.03. The zero-order valence-electron chi connectivity index (χ0n) is 13.4. The fourth-order valence-corrected chi connectivity index (χ4v) is 4.76. The van der Waals surface area contributed by atoms with Gasteiger partial charge in [-0.15, -0.1) is 0 Å². The van der Waals surface area contributed by atoms with E-state index in [0.29, 0.717) is 12.1 Å². The van der Waals surface area contributed by atoms with Crippen LogP contribution in [0.2, 0.25) is 0 Å². The van der Waals surface area contributed by atoms with Crippen molar-refractivity contribution in [3.8, 4) is 0 Å². The Morgan fingerprint density at radius 2 is 2.05 bits per heavy atom. The Morgan fingerprint density at radius 3 is 2.73 bits per heavy atom. The van der Waals surface area contributed by atoms with Crippen LogP contribution in [-0.2, 0) is 14.9 Å². The van der Waals surface area contributed by atoms with Gasteiger partial charge in [-0.2, -0.15) is 0 Å². The third-order valence-electron chi connectivity index (χ3n) is 5.95. The van der Waals surface area contributed by atoms with Crippen molar-refractivity contribution in [2.75, 3.05) is 7.11 Å². The van der Waals surface area contributed by atoms with Crippen molar-refractivity contribution >= 4 is 11.7 Å². The highest BCUT2D eigenvalue weighted by atomic mass is 16.5. The van der Waals surface area contributed by atoms with Gasteiger partial charge in [-0.1, -0.05) is 42.8 Å². The van der Waals surface area contributed by atoms with Crippen molar-refractivity contribution in [3.63, 3.8) is 0 Å². The van der Waals surface area contributed by atoms with Crippen molar-refractivity contribution in [3.05, 3.63) is 35.4 Å². The molecule has 0 aromatic heterocycles. The van der Waals surface area contributed by atoms with E-state index in [0.717, 1.165) is 24.8 Å². The van der Waals surface area contributed by atoms with E-state index in [1.807, 2.05) is 25.1 Å². The van der Waals surface area contributed by atoms with Gasteiger partial charge in [0.05, 0.1) is 18.2 Å². The number of carbonyl (C=O) groups is 1. The summed E-state index contributed by atoms with van der Waals surface area (Å²) in [7, 11) is 1.46. The van der Waals surface area contributed by atoms with E-state index in [4.69, 9.17) is 4.74 Å². The summed E-state index contributed by atoms with van der Waals surface area (Å²) in [5, 5.41) is 13.0. The number of ether oxygens (including phenoxy) is 1. The number of esters is 1. The lowest BCUT2D eigenvalue weighted by molar-refractivity contribution is -0.160. The Balaban J connectivity index is 2.18. The normalized spacial score (nSPS) is 35.6. The van der Waals surface area contributed by atoms with E-state index in [1.54, 1.807) is 0 Å². The van der Waals surface area contributed by atoms with Crippen LogP contribution in [0.5, 0.6) is 0 Å². The lowest BCUT2D eigenvalue weighted by Crippen LogP contribution is -2.53. The maximum atomic E-state index is 12.5. The summed E-state index contributed by atoms with van der Waals surface area (Å²) in [6.45, 7) is 4.24. The van der Waals surface area contributed by atoms with Crippen LogP contribution < -0.4 is 0 Å². The number of oxime groups is 1. The van der Waals surface area contributed by atoms with Crippen LogP contribution in [0.15, 0.2) is 29.4 Å². The molecule has 0 radical (unpaired) electrons. The number of carbonyl (C=O) groups excluding carboxylic acids is 1. The van der Waals surface area contributed by atoms with Crippen LogP contribution >= 0.6 is 0 Å². The summed E-state index contributed by atoms with van der Waals surface area (Å²) in [5.74, 6) is -0.0675. The third kappa shape index (κ3) is 1.89. The molecule has 0 amide bonds. The summed E-state index contributed by atoms with van der Waals surface area (Å²) >= 11 is 0. The fourth-order valence-electron chi connectivity index (χ4n) is 4.76. The van der Waals surface area contributed by atoms with E-state index in [2.05, 4.69) is 18.1 Å². The SMILES string of the molecule is COC(=O)C1(C)CCCC2(C)c3ccccc3/C(=N\O)CC12. The maximum absolute atomic E-state index is 12.5. The molecule has 0 saturated heterocycles. The lowest BCUT2D eigenvalue weighted by Gasteiger charge is -2.53. The fraction of sp³-hybridized carbons (Fsp3) is 0.556. The van der Waals surface area contributed by atoms with Crippen molar-refractivity contribution in [2.45, 2.75) is 44.9 Å². The molecule has 3 atom stereocenters. The Kier molecular flexibility index (Phi) is 3.50. The number of rotatable bonds is 1. The van der Waals surface area contributed by atoms with E-state index in [9.17, 15) is 10.0 Å². The number of fused-ring (bicyclic) bond motifs is 3. The van der Waals surface area contributed by atoms with Gasteiger partial charge in [0, 0.05) is 5.56 Å². The molecule has 22 heavy (non-hydrogen) atoms. The van der Waals surface area contributed by atoms with Crippen molar-refractivity contribution in [2.24, 2.45) is 16.5 Å². The highest BCUT2D eigenvalue weighted by molar-refractivity contribution is 6.03. The first-order valence-electron chi connectivity index (χ1n) is 7.86. The molecule has 3 unspecified atom stereocenters. The number of nitrogens with zero attached hydrogens (tertiary/aromatic N) is 1. The van der Waals surface area contributed by atoms with E-state index < -0.39 is 5.41 Å².